The largest absolute Gasteiger partial charge is 0.480 e. The highest BCUT2D eigenvalue weighted by atomic mass is 32.2. The van der Waals surface area contributed by atoms with E-state index in [4.69, 9.17) is 5.11 Å². The second-order valence-electron chi connectivity index (χ2n) is 5.83. The zero-order chi connectivity index (χ0) is 16.7. The molecule has 1 heterocycles. The number of carboxylic acid groups (broad SMARTS) is 1. The molecule has 23 heavy (non-hydrogen) atoms. The number of aliphatic carboxylic acids is 1. The van der Waals surface area contributed by atoms with E-state index in [1.165, 1.54) is 18.1 Å². The minimum Gasteiger partial charge on any atom is -0.480 e. The van der Waals surface area contributed by atoms with Gasteiger partial charge in [0.1, 0.15) is 6.04 Å². The summed E-state index contributed by atoms with van der Waals surface area (Å²) < 4.78 is 0. The maximum Gasteiger partial charge on any atom is 0.327 e. The second kappa shape index (κ2) is 8.93. The van der Waals surface area contributed by atoms with Gasteiger partial charge in [-0.3, -0.25) is 4.79 Å². The number of benzene rings is 1. The molecule has 3 N–H and O–H groups in total. The molecular weight excluding hydrogens is 312 g/mol. The number of thioether (sulfide) groups is 1. The predicted octanol–water partition coefficient (Wildman–Crippen LogP) is 1.98. The van der Waals surface area contributed by atoms with Crippen molar-refractivity contribution < 1.29 is 14.7 Å². The smallest absolute Gasteiger partial charge is 0.327 e. The topological polar surface area (TPSA) is 78.4 Å². The molecule has 0 spiro atoms. The van der Waals surface area contributed by atoms with E-state index in [2.05, 4.69) is 28.8 Å². The minimum absolute atomic E-state index is 0.312. The van der Waals surface area contributed by atoms with E-state index in [1.807, 2.05) is 6.07 Å². The molecule has 1 amide bonds. The van der Waals surface area contributed by atoms with Gasteiger partial charge in [0.05, 0.1) is 0 Å². The van der Waals surface area contributed by atoms with E-state index in [-0.39, 0.29) is 5.91 Å². The maximum absolute atomic E-state index is 11.2. The van der Waals surface area contributed by atoms with Crippen LogP contribution < -0.4 is 10.6 Å². The summed E-state index contributed by atoms with van der Waals surface area (Å²) in [6, 6.07) is 7.59. The number of hydrogen-bond acceptors (Lipinski definition) is 4. The fourth-order valence-corrected chi connectivity index (χ4v) is 3.97. The molecule has 6 heteroatoms. The number of carboxylic acids is 1. The predicted molar refractivity (Wildman–Crippen MR) is 92.7 cm³/mol. The summed E-state index contributed by atoms with van der Waals surface area (Å²) in [4.78, 5) is 22.2. The molecule has 0 aliphatic carbocycles. The molecule has 2 rings (SSSR count). The molecule has 0 radical (unpaired) electrons. The number of piperidine rings is 1. The van der Waals surface area contributed by atoms with Crippen LogP contribution in [0.3, 0.4) is 0 Å². The van der Waals surface area contributed by atoms with Gasteiger partial charge in [0.25, 0.3) is 0 Å². The van der Waals surface area contributed by atoms with Crippen molar-refractivity contribution in [1.29, 1.82) is 0 Å². The van der Waals surface area contributed by atoms with E-state index in [0.29, 0.717) is 11.7 Å². The fourth-order valence-electron chi connectivity index (χ4n) is 2.90. The van der Waals surface area contributed by atoms with Gasteiger partial charge < -0.3 is 15.7 Å². The van der Waals surface area contributed by atoms with Gasteiger partial charge in [0, 0.05) is 18.4 Å². The van der Waals surface area contributed by atoms with E-state index in [9.17, 15) is 9.59 Å². The van der Waals surface area contributed by atoms with Crippen molar-refractivity contribution in [3.05, 3.63) is 35.4 Å². The molecule has 1 saturated heterocycles. The molecule has 1 aliphatic heterocycles. The third-order valence-corrected chi connectivity index (χ3v) is 5.14. The Hall–Kier alpha value is -1.53. The van der Waals surface area contributed by atoms with Crippen LogP contribution in [0.4, 0.5) is 0 Å². The first-order valence-corrected chi connectivity index (χ1v) is 9.09. The van der Waals surface area contributed by atoms with Gasteiger partial charge in [-0.1, -0.05) is 24.3 Å². The summed E-state index contributed by atoms with van der Waals surface area (Å²) in [6.07, 6.45) is 2.29. The third-order valence-electron chi connectivity index (χ3n) is 4.05. The summed E-state index contributed by atoms with van der Waals surface area (Å²) in [5.41, 5.74) is 2.66. The lowest BCUT2D eigenvalue weighted by atomic mass is 9.87. The Morgan fingerprint density at radius 3 is 2.70 bits per heavy atom. The van der Waals surface area contributed by atoms with Crippen molar-refractivity contribution in [2.24, 2.45) is 0 Å². The summed E-state index contributed by atoms with van der Waals surface area (Å²) in [7, 11) is 0. The van der Waals surface area contributed by atoms with Crippen LogP contribution >= 0.6 is 11.8 Å². The first-order chi connectivity index (χ1) is 11.1. The minimum atomic E-state index is -0.987. The van der Waals surface area contributed by atoms with Crippen LogP contribution in [0.15, 0.2) is 24.3 Å². The lowest BCUT2D eigenvalue weighted by molar-refractivity contribution is -0.140. The number of rotatable bonds is 7. The van der Waals surface area contributed by atoms with Crippen molar-refractivity contribution in [3.8, 4) is 0 Å². The number of carbonyl (C=O) groups excluding carboxylic acids is 1. The maximum atomic E-state index is 11.2. The Morgan fingerprint density at radius 2 is 2.04 bits per heavy atom. The van der Waals surface area contributed by atoms with Gasteiger partial charge >= 0.3 is 5.97 Å². The van der Waals surface area contributed by atoms with Gasteiger partial charge in [-0.05, 0) is 43.0 Å². The zero-order valence-electron chi connectivity index (χ0n) is 13.4. The summed E-state index contributed by atoms with van der Waals surface area (Å²) in [6.45, 7) is 3.44. The average Bonchev–Trinajstić information content (AvgIpc) is 2.54. The molecular formula is C17H24N2O3S. The molecule has 1 fully saturated rings. The van der Waals surface area contributed by atoms with Crippen molar-refractivity contribution in [2.75, 3.05) is 18.8 Å². The number of amides is 1. The van der Waals surface area contributed by atoms with Crippen LogP contribution in [0.25, 0.3) is 0 Å². The van der Waals surface area contributed by atoms with Gasteiger partial charge in [-0.2, -0.15) is 11.8 Å². The molecule has 0 aromatic heterocycles. The highest BCUT2D eigenvalue weighted by Crippen LogP contribution is 2.30. The lowest BCUT2D eigenvalue weighted by Crippen LogP contribution is -2.41. The van der Waals surface area contributed by atoms with Crippen molar-refractivity contribution in [3.63, 3.8) is 0 Å². The SMILES string of the molecule is CC(=O)N[C@@H](CSCc1ccccc1C1CCNCC1)C(=O)O. The van der Waals surface area contributed by atoms with Crippen molar-refractivity contribution in [1.82, 2.24) is 10.6 Å². The van der Waals surface area contributed by atoms with Crippen LogP contribution in [0, 0.1) is 0 Å². The van der Waals surface area contributed by atoms with Gasteiger partial charge in [0.2, 0.25) is 5.91 Å². The molecule has 0 unspecified atom stereocenters. The Bertz CT molecular complexity index is 544. The first-order valence-electron chi connectivity index (χ1n) is 7.94. The number of hydrogen-bond donors (Lipinski definition) is 3. The number of carbonyl (C=O) groups is 2. The van der Waals surface area contributed by atoms with E-state index in [0.717, 1.165) is 31.7 Å². The molecule has 0 saturated carbocycles. The molecule has 1 aliphatic rings. The quantitative estimate of drug-likeness (QED) is 0.710. The summed E-state index contributed by atoms with van der Waals surface area (Å²) in [5.74, 6) is 0.421. The molecule has 1 aromatic carbocycles. The monoisotopic (exact) mass is 336 g/mol. The molecule has 5 nitrogen and oxygen atoms in total. The second-order valence-corrected chi connectivity index (χ2v) is 6.86. The van der Waals surface area contributed by atoms with E-state index < -0.39 is 12.0 Å². The normalized spacial score (nSPS) is 16.7. The zero-order valence-corrected chi connectivity index (χ0v) is 14.2. The number of nitrogens with one attached hydrogen (secondary N) is 2. The molecule has 0 bridgehead atoms. The van der Waals surface area contributed by atoms with Crippen molar-refractivity contribution in [2.45, 2.75) is 37.5 Å². The summed E-state index contributed by atoms with van der Waals surface area (Å²) >= 11 is 1.55. The first kappa shape index (κ1) is 17.8. The van der Waals surface area contributed by atoms with Gasteiger partial charge in [0.15, 0.2) is 0 Å². The van der Waals surface area contributed by atoms with Crippen molar-refractivity contribution >= 4 is 23.6 Å². The fraction of sp³-hybridized carbons (Fsp3) is 0.529. The van der Waals surface area contributed by atoms with E-state index in [1.54, 1.807) is 11.8 Å². The lowest BCUT2D eigenvalue weighted by Gasteiger charge is -2.25. The standard InChI is InChI=1S/C17H24N2O3S/c1-12(20)19-16(17(21)22)11-23-10-14-4-2-3-5-15(14)13-6-8-18-9-7-13/h2-5,13,16,18H,6-11H2,1H3,(H,19,20)(H,21,22)/t16-/m0/s1. The third kappa shape index (κ3) is 5.55. The summed E-state index contributed by atoms with van der Waals surface area (Å²) in [5, 5.41) is 15.0. The van der Waals surface area contributed by atoms with Crippen LogP contribution in [-0.2, 0) is 15.3 Å². The average molecular weight is 336 g/mol. The van der Waals surface area contributed by atoms with Gasteiger partial charge in [-0.25, -0.2) is 4.79 Å². The highest BCUT2D eigenvalue weighted by Gasteiger charge is 2.20. The Balaban J connectivity index is 1.94. The Kier molecular flexibility index (Phi) is 6.92. The molecule has 126 valence electrons. The van der Waals surface area contributed by atoms with Crippen LogP contribution in [-0.4, -0.2) is 41.9 Å². The molecule has 1 aromatic rings. The highest BCUT2D eigenvalue weighted by molar-refractivity contribution is 7.98. The van der Waals surface area contributed by atoms with Crippen LogP contribution in [0.2, 0.25) is 0 Å². The van der Waals surface area contributed by atoms with Gasteiger partial charge in [-0.15, -0.1) is 0 Å². The Morgan fingerprint density at radius 1 is 1.35 bits per heavy atom. The Labute approximate surface area is 141 Å². The van der Waals surface area contributed by atoms with Crippen LogP contribution in [0.5, 0.6) is 0 Å². The molecule has 1 atom stereocenters. The van der Waals surface area contributed by atoms with E-state index >= 15 is 0 Å². The van der Waals surface area contributed by atoms with Crippen LogP contribution in [0.1, 0.15) is 36.8 Å².